The lowest BCUT2D eigenvalue weighted by Crippen LogP contribution is -2.12. The van der Waals surface area contributed by atoms with Crippen LogP contribution in [-0.4, -0.2) is 18.1 Å². The fourth-order valence-corrected chi connectivity index (χ4v) is 1.96. The SMILES string of the molecule is Cc1cc(N(C)c2ccccc2F)ccc1C(=O)O. The van der Waals surface area contributed by atoms with E-state index in [0.717, 1.165) is 5.69 Å². The molecule has 0 bridgehead atoms. The summed E-state index contributed by atoms with van der Waals surface area (Å²) < 4.78 is 13.7. The maximum atomic E-state index is 13.7. The quantitative estimate of drug-likeness (QED) is 0.915. The molecule has 0 saturated carbocycles. The number of anilines is 2. The van der Waals surface area contributed by atoms with E-state index in [4.69, 9.17) is 5.11 Å². The largest absolute Gasteiger partial charge is 0.478 e. The Balaban J connectivity index is 2.40. The Morgan fingerprint density at radius 2 is 1.89 bits per heavy atom. The number of hydrogen-bond donors (Lipinski definition) is 1. The Labute approximate surface area is 110 Å². The summed E-state index contributed by atoms with van der Waals surface area (Å²) in [5, 5.41) is 8.98. The lowest BCUT2D eigenvalue weighted by molar-refractivity contribution is 0.0696. The average Bonchev–Trinajstić information content (AvgIpc) is 2.38. The number of para-hydroxylation sites is 1. The van der Waals surface area contributed by atoms with Crippen LogP contribution in [0.4, 0.5) is 15.8 Å². The molecule has 0 heterocycles. The second kappa shape index (κ2) is 5.10. The Morgan fingerprint density at radius 1 is 1.21 bits per heavy atom. The van der Waals surface area contributed by atoms with E-state index in [1.165, 1.54) is 12.1 Å². The van der Waals surface area contributed by atoms with Crippen molar-refractivity contribution < 1.29 is 14.3 Å². The number of aromatic carboxylic acids is 1. The van der Waals surface area contributed by atoms with E-state index < -0.39 is 5.97 Å². The molecule has 2 aromatic carbocycles. The zero-order chi connectivity index (χ0) is 14.0. The minimum Gasteiger partial charge on any atom is -0.478 e. The van der Waals surface area contributed by atoms with Crippen molar-refractivity contribution in [2.24, 2.45) is 0 Å². The highest BCUT2D eigenvalue weighted by Crippen LogP contribution is 2.27. The molecule has 1 N–H and O–H groups in total. The first kappa shape index (κ1) is 13.1. The minimum absolute atomic E-state index is 0.255. The molecule has 19 heavy (non-hydrogen) atoms. The van der Waals surface area contributed by atoms with Crippen LogP contribution in [0.25, 0.3) is 0 Å². The predicted molar refractivity (Wildman–Crippen MR) is 72.6 cm³/mol. The van der Waals surface area contributed by atoms with Crippen molar-refractivity contribution in [3.05, 3.63) is 59.4 Å². The summed E-state index contributed by atoms with van der Waals surface area (Å²) in [5.41, 5.74) is 2.09. The number of hydrogen-bond acceptors (Lipinski definition) is 2. The van der Waals surface area contributed by atoms with Gasteiger partial charge in [0.15, 0.2) is 0 Å². The topological polar surface area (TPSA) is 40.5 Å². The molecule has 0 aliphatic rings. The van der Waals surface area contributed by atoms with E-state index in [0.29, 0.717) is 11.3 Å². The van der Waals surface area contributed by atoms with E-state index in [1.54, 1.807) is 49.2 Å². The first-order valence-corrected chi connectivity index (χ1v) is 5.83. The van der Waals surface area contributed by atoms with Crippen molar-refractivity contribution in [2.75, 3.05) is 11.9 Å². The van der Waals surface area contributed by atoms with Gasteiger partial charge in [0.1, 0.15) is 5.82 Å². The van der Waals surface area contributed by atoms with Gasteiger partial charge in [-0.3, -0.25) is 0 Å². The average molecular weight is 259 g/mol. The zero-order valence-corrected chi connectivity index (χ0v) is 10.7. The first-order chi connectivity index (χ1) is 9.00. The molecule has 98 valence electrons. The molecule has 0 saturated heterocycles. The van der Waals surface area contributed by atoms with Gasteiger partial charge in [0, 0.05) is 12.7 Å². The molecular formula is C15H14FNO2. The third kappa shape index (κ3) is 2.57. The standard InChI is InChI=1S/C15H14FNO2/c1-10-9-11(7-8-12(10)15(18)19)17(2)14-6-4-3-5-13(14)16/h3-9H,1-2H3,(H,18,19). The lowest BCUT2D eigenvalue weighted by atomic mass is 10.1. The Hall–Kier alpha value is -2.36. The van der Waals surface area contributed by atoms with Crippen LogP contribution in [0.1, 0.15) is 15.9 Å². The molecule has 0 aliphatic heterocycles. The summed E-state index contributed by atoms with van der Waals surface area (Å²) in [5.74, 6) is -1.28. The first-order valence-electron chi connectivity index (χ1n) is 5.83. The van der Waals surface area contributed by atoms with Crippen LogP contribution in [0, 0.1) is 12.7 Å². The number of carboxylic acids is 1. The van der Waals surface area contributed by atoms with Gasteiger partial charge in [0.25, 0.3) is 0 Å². The van der Waals surface area contributed by atoms with E-state index in [-0.39, 0.29) is 11.4 Å². The lowest BCUT2D eigenvalue weighted by Gasteiger charge is -2.21. The Morgan fingerprint density at radius 3 is 2.47 bits per heavy atom. The predicted octanol–water partition coefficient (Wildman–Crippen LogP) is 3.60. The van der Waals surface area contributed by atoms with Crippen LogP contribution in [-0.2, 0) is 0 Å². The highest BCUT2D eigenvalue weighted by atomic mass is 19.1. The van der Waals surface area contributed by atoms with Crippen molar-refractivity contribution >= 4 is 17.3 Å². The van der Waals surface area contributed by atoms with Gasteiger partial charge in [-0.15, -0.1) is 0 Å². The molecule has 0 unspecified atom stereocenters. The second-order valence-electron chi connectivity index (χ2n) is 4.31. The van der Waals surface area contributed by atoms with Gasteiger partial charge >= 0.3 is 5.97 Å². The molecule has 0 aromatic heterocycles. The number of benzene rings is 2. The number of halogens is 1. The van der Waals surface area contributed by atoms with Crippen molar-refractivity contribution in [1.29, 1.82) is 0 Å². The zero-order valence-electron chi connectivity index (χ0n) is 10.7. The van der Waals surface area contributed by atoms with E-state index in [9.17, 15) is 9.18 Å². The van der Waals surface area contributed by atoms with Crippen LogP contribution in [0.15, 0.2) is 42.5 Å². The maximum absolute atomic E-state index is 13.7. The summed E-state index contributed by atoms with van der Waals surface area (Å²) in [6, 6.07) is 11.4. The van der Waals surface area contributed by atoms with Gasteiger partial charge in [-0.1, -0.05) is 12.1 Å². The Bertz CT molecular complexity index is 625. The molecule has 3 nitrogen and oxygen atoms in total. The van der Waals surface area contributed by atoms with Gasteiger partial charge in [-0.05, 0) is 42.8 Å². The highest BCUT2D eigenvalue weighted by molar-refractivity contribution is 5.90. The van der Waals surface area contributed by atoms with E-state index in [2.05, 4.69) is 0 Å². The van der Waals surface area contributed by atoms with Crippen LogP contribution in [0.3, 0.4) is 0 Å². The Kier molecular flexibility index (Phi) is 3.51. The minimum atomic E-state index is -0.961. The molecule has 2 rings (SSSR count). The van der Waals surface area contributed by atoms with Crippen LogP contribution in [0.5, 0.6) is 0 Å². The van der Waals surface area contributed by atoms with E-state index in [1.807, 2.05) is 0 Å². The fourth-order valence-electron chi connectivity index (χ4n) is 1.96. The smallest absolute Gasteiger partial charge is 0.335 e. The molecular weight excluding hydrogens is 245 g/mol. The number of carboxylic acid groups (broad SMARTS) is 1. The van der Waals surface area contributed by atoms with Crippen LogP contribution in [0.2, 0.25) is 0 Å². The molecule has 4 heteroatoms. The molecule has 2 aromatic rings. The molecule has 0 amide bonds. The molecule has 0 radical (unpaired) electrons. The maximum Gasteiger partial charge on any atom is 0.335 e. The van der Waals surface area contributed by atoms with Crippen molar-refractivity contribution in [3.8, 4) is 0 Å². The number of nitrogens with zero attached hydrogens (tertiary/aromatic N) is 1. The molecule has 0 spiro atoms. The molecule has 0 atom stereocenters. The summed E-state index contributed by atoms with van der Waals surface area (Å²) in [6.07, 6.45) is 0. The number of aryl methyl sites for hydroxylation is 1. The number of rotatable bonds is 3. The van der Waals surface area contributed by atoms with Crippen LogP contribution >= 0.6 is 0 Å². The highest BCUT2D eigenvalue weighted by Gasteiger charge is 2.12. The third-order valence-corrected chi connectivity index (χ3v) is 3.04. The van der Waals surface area contributed by atoms with Gasteiger partial charge in [-0.2, -0.15) is 0 Å². The second-order valence-corrected chi connectivity index (χ2v) is 4.31. The summed E-state index contributed by atoms with van der Waals surface area (Å²) >= 11 is 0. The summed E-state index contributed by atoms with van der Waals surface area (Å²) in [4.78, 5) is 12.6. The van der Waals surface area contributed by atoms with Gasteiger partial charge in [0.05, 0.1) is 11.3 Å². The van der Waals surface area contributed by atoms with Crippen molar-refractivity contribution in [2.45, 2.75) is 6.92 Å². The van der Waals surface area contributed by atoms with E-state index >= 15 is 0 Å². The molecule has 0 fully saturated rings. The van der Waals surface area contributed by atoms with Crippen LogP contribution < -0.4 is 4.90 Å². The summed E-state index contributed by atoms with van der Waals surface area (Å²) in [7, 11) is 1.74. The third-order valence-electron chi connectivity index (χ3n) is 3.04. The number of carbonyl (C=O) groups is 1. The van der Waals surface area contributed by atoms with Crippen molar-refractivity contribution in [1.82, 2.24) is 0 Å². The molecule has 0 aliphatic carbocycles. The van der Waals surface area contributed by atoms with Gasteiger partial charge < -0.3 is 10.0 Å². The van der Waals surface area contributed by atoms with Gasteiger partial charge in [0.2, 0.25) is 0 Å². The fraction of sp³-hybridized carbons (Fsp3) is 0.133. The normalized spacial score (nSPS) is 10.3. The summed E-state index contributed by atoms with van der Waals surface area (Å²) in [6.45, 7) is 1.72. The van der Waals surface area contributed by atoms with Gasteiger partial charge in [-0.25, -0.2) is 9.18 Å². The van der Waals surface area contributed by atoms with Crippen molar-refractivity contribution in [3.63, 3.8) is 0 Å². The monoisotopic (exact) mass is 259 g/mol.